The highest BCUT2D eigenvalue weighted by atomic mass is 35.5. The number of nitriles is 1. The van der Waals surface area contributed by atoms with Gasteiger partial charge in [-0.15, -0.1) is 0 Å². The summed E-state index contributed by atoms with van der Waals surface area (Å²) in [5.41, 5.74) is 4.54. The Hall–Kier alpha value is -2.99. The predicted octanol–water partition coefficient (Wildman–Crippen LogP) is 7.06. The van der Waals surface area contributed by atoms with Gasteiger partial charge in [-0.25, -0.2) is 0 Å². The molecule has 4 aromatic rings. The summed E-state index contributed by atoms with van der Waals surface area (Å²) in [6.45, 7) is 0.722. The van der Waals surface area contributed by atoms with Crippen LogP contribution < -0.4 is 0 Å². The SMILES string of the molecule is N#CC(=Cc1cn(Cc2ccc(Cl)cc2)c2ccccc12)c1ccccc1Cl. The van der Waals surface area contributed by atoms with Crippen LogP contribution in [0.4, 0.5) is 0 Å². The Labute approximate surface area is 173 Å². The first-order valence-corrected chi connectivity index (χ1v) is 9.60. The van der Waals surface area contributed by atoms with Gasteiger partial charge in [0.15, 0.2) is 0 Å². The first-order chi connectivity index (χ1) is 13.7. The predicted molar refractivity (Wildman–Crippen MR) is 117 cm³/mol. The number of rotatable bonds is 4. The van der Waals surface area contributed by atoms with E-state index in [-0.39, 0.29) is 0 Å². The van der Waals surface area contributed by atoms with Gasteiger partial charge in [0.1, 0.15) is 0 Å². The Morgan fingerprint density at radius 2 is 1.64 bits per heavy atom. The molecule has 0 aliphatic heterocycles. The van der Waals surface area contributed by atoms with E-state index in [1.807, 2.05) is 60.7 Å². The molecule has 1 heterocycles. The number of nitrogens with zero attached hydrogens (tertiary/aromatic N) is 2. The molecule has 0 bridgehead atoms. The minimum absolute atomic E-state index is 0.542. The van der Waals surface area contributed by atoms with Gasteiger partial charge in [0.05, 0.1) is 11.6 Å². The second kappa shape index (κ2) is 7.94. The summed E-state index contributed by atoms with van der Waals surface area (Å²) >= 11 is 12.3. The molecule has 0 amide bonds. The number of halogens is 2. The number of benzene rings is 3. The van der Waals surface area contributed by atoms with Gasteiger partial charge in [-0.1, -0.05) is 71.7 Å². The first kappa shape index (κ1) is 18.4. The van der Waals surface area contributed by atoms with E-state index in [0.29, 0.717) is 10.6 Å². The maximum absolute atomic E-state index is 9.71. The van der Waals surface area contributed by atoms with Crippen LogP contribution in [0.3, 0.4) is 0 Å². The number of para-hydroxylation sites is 1. The van der Waals surface area contributed by atoms with Gasteiger partial charge >= 0.3 is 0 Å². The van der Waals surface area contributed by atoms with Crippen LogP contribution in [-0.2, 0) is 6.54 Å². The van der Waals surface area contributed by atoms with Gasteiger partial charge in [0, 0.05) is 44.8 Å². The number of fused-ring (bicyclic) bond motifs is 1. The molecule has 0 aliphatic carbocycles. The Morgan fingerprint density at radius 3 is 2.39 bits per heavy atom. The molecular weight excluding hydrogens is 387 g/mol. The monoisotopic (exact) mass is 402 g/mol. The highest BCUT2D eigenvalue weighted by molar-refractivity contribution is 6.32. The van der Waals surface area contributed by atoms with E-state index in [0.717, 1.165) is 39.2 Å². The maximum Gasteiger partial charge on any atom is 0.0998 e. The van der Waals surface area contributed by atoms with Crippen molar-refractivity contribution in [1.82, 2.24) is 4.57 Å². The van der Waals surface area contributed by atoms with Crippen LogP contribution in [0.25, 0.3) is 22.6 Å². The quantitative estimate of drug-likeness (QED) is 0.335. The molecule has 136 valence electrons. The van der Waals surface area contributed by atoms with E-state index in [2.05, 4.69) is 29.0 Å². The van der Waals surface area contributed by atoms with Crippen LogP contribution in [0.5, 0.6) is 0 Å². The molecule has 0 radical (unpaired) electrons. The molecular formula is C24H16Cl2N2. The molecule has 0 atom stereocenters. The molecule has 28 heavy (non-hydrogen) atoms. The fraction of sp³-hybridized carbons (Fsp3) is 0.0417. The van der Waals surface area contributed by atoms with Gasteiger partial charge in [-0.05, 0) is 35.9 Å². The molecule has 0 fully saturated rings. The van der Waals surface area contributed by atoms with Crippen molar-refractivity contribution < 1.29 is 0 Å². The first-order valence-electron chi connectivity index (χ1n) is 8.85. The summed E-state index contributed by atoms with van der Waals surface area (Å²) < 4.78 is 2.19. The number of aromatic nitrogens is 1. The summed E-state index contributed by atoms with van der Waals surface area (Å²) in [4.78, 5) is 0. The van der Waals surface area contributed by atoms with E-state index in [4.69, 9.17) is 23.2 Å². The fourth-order valence-electron chi connectivity index (χ4n) is 3.31. The van der Waals surface area contributed by atoms with Crippen LogP contribution >= 0.6 is 23.2 Å². The molecule has 0 aliphatic rings. The Kier molecular flexibility index (Phi) is 5.21. The summed E-state index contributed by atoms with van der Waals surface area (Å²) in [6.07, 6.45) is 3.98. The lowest BCUT2D eigenvalue weighted by Crippen LogP contribution is -1.97. The van der Waals surface area contributed by atoms with Crippen LogP contribution in [0.2, 0.25) is 10.0 Å². The van der Waals surface area contributed by atoms with E-state index < -0.39 is 0 Å². The zero-order valence-corrected chi connectivity index (χ0v) is 16.5. The Balaban J connectivity index is 1.81. The van der Waals surface area contributed by atoms with Crippen molar-refractivity contribution in [1.29, 1.82) is 5.26 Å². The minimum Gasteiger partial charge on any atom is -0.342 e. The zero-order valence-electron chi connectivity index (χ0n) is 14.9. The van der Waals surface area contributed by atoms with E-state index >= 15 is 0 Å². The Morgan fingerprint density at radius 1 is 0.929 bits per heavy atom. The standard InChI is InChI=1S/C24H16Cl2N2/c25-20-11-9-17(10-12-20)15-28-16-19(22-6-2-4-8-24(22)28)13-18(14-27)21-5-1-3-7-23(21)26/h1-13,16H,15H2. The topological polar surface area (TPSA) is 28.7 Å². The van der Waals surface area contributed by atoms with Crippen molar-refractivity contribution in [3.8, 4) is 6.07 Å². The van der Waals surface area contributed by atoms with Crippen LogP contribution in [0.15, 0.2) is 79.0 Å². The lowest BCUT2D eigenvalue weighted by molar-refractivity contribution is 0.836. The molecule has 4 heteroatoms. The van der Waals surface area contributed by atoms with Crippen LogP contribution in [0.1, 0.15) is 16.7 Å². The molecule has 0 N–H and O–H groups in total. The third kappa shape index (κ3) is 3.68. The van der Waals surface area contributed by atoms with Crippen molar-refractivity contribution in [2.75, 3.05) is 0 Å². The molecule has 0 saturated carbocycles. The maximum atomic E-state index is 9.71. The largest absolute Gasteiger partial charge is 0.342 e. The van der Waals surface area contributed by atoms with Crippen molar-refractivity contribution in [3.63, 3.8) is 0 Å². The summed E-state index contributed by atoms with van der Waals surface area (Å²) in [5.74, 6) is 0. The number of hydrogen-bond donors (Lipinski definition) is 0. The molecule has 0 unspecified atom stereocenters. The van der Waals surface area contributed by atoms with Gasteiger partial charge in [-0.3, -0.25) is 0 Å². The average Bonchev–Trinajstić information content (AvgIpc) is 3.06. The third-order valence-corrected chi connectivity index (χ3v) is 5.25. The molecule has 1 aromatic heterocycles. The molecule has 0 saturated heterocycles. The lowest BCUT2D eigenvalue weighted by Gasteiger charge is -2.05. The molecule has 3 aromatic carbocycles. The second-order valence-corrected chi connectivity index (χ2v) is 7.35. The summed E-state index contributed by atoms with van der Waals surface area (Å²) in [7, 11) is 0. The zero-order chi connectivity index (χ0) is 19.5. The normalized spacial score (nSPS) is 11.5. The van der Waals surface area contributed by atoms with E-state index in [9.17, 15) is 5.26 Å². The number of hydrogen-bond acceptors (Lipinski definition) is 1. The lowest BCUT2D eigenvalue weighted by atomic mass is 10.0. The van der Waals surface area contributed by atoms with Gasteiger partial charge < -0.3 is 4.57 Å². The highest BCUT2D eigenvalue weighted by Crippen LogP contribution is 2.29. The summed E-state index contributed by atoms with van der Waals surface area (Å²) in [5, 5.41) is 12.1. The molecule has 2 nitrogen and oxygen atoms in total. The van der Waals surface area contributed by atoms with E-state index in [1.54, 1.807) is 6.07 Å². The number of allylic oxidation sites excluding steroid dienone is 1. The van der Waals surface area contributed by atoms with Gasteiger partial charge in [-0.2, -0.15) is 5.26 Å². The summed E-state index contributed by atoms with van der Waals surface area (Å²) in [6, 6.07) is 25.7. The van der Waals surface area contributed by atoms with Crippen LogP contribution in [-0.4, -0.2) is 4.57 Å². The average molecular weight is 403 g/mol. The Bertz CT molecular complexity index is 1210. The van der Waals surface area contributed by atoms with Crippen LogP contribution in [0, 0.1) is 11.3 Å². The highest BCUT2D eigenvalue weighted by Gasteiger charge is 2.10. The molecule has 0 spiro atoms. The minimum atomic E-state index is 0.542. The van der Waals surface area contributed by atoms with Gasteiger partial charge in [0.2, 0.25) is 0 Å². The van der Waals surface area contributed by atoms with Crippen molar-refractivity contribution in [2.24, 2.45) is 0 Å². The van der Waals surface area contributed by atoms with Gasteiger partial charge in [0.25, 0.3) is 0 Å². The second-order valence-electron chi connectivity index (χ2n) is 6.51. The smallest absolute Gasteiger partial charge is 0.0998 e. The third-order valence-electron chi connectivity index (χ3n) is 4.67. The van der Waals surface area contributed by atoms with E-state index in [1.165, 1.54) is 0 Å². The molecule has 4 rings (SSSR count). The fourth-order valence-corrected chi connectivity index (χ4v) is 3.68. The van der Waals surface area contributed by atoms with Crippen molar-refractivity contribution in [2.45, 2.75) is 6.54 Å². The van der Waals surface area contributed by atoms with Crippen molar-refractivity contribution >= 4 is 45.8 Å². The van der Waals surface area contributed by atoms with Crippen molar-refractivity contribution in [3.05, 3.63) is 106 Å².